The number of nitrogens with zero attached hydrogens (tertiary/aromatic N) is 2. The Morgan fingerprint density at radius 3 is 2.39 bits per heavy atom. The molecule has 38 heavy (non-hydrogen) atoms. The Balaban J connectivity index is 1.82. The number of hydrogen-bond donors (Lipinski definition) is 2. The van der Waals surface area contributed by atoms with Crippen LogP contribution in [0, 0.1) is 5.92 Å². The molecule has 1 aliphatic rings. The van der Waals surface area contributed by atoms with E-state index in [1.807, 2.05) is 13.8 Å². The van der Waals surface area contributed by atoms with Crippen LogP contribution in [-0.4, -0.2) is 39.8 Å². The molecule has 3 rings (SSSR count). The molecular formula is C28H39F3N4O3. The van der Waals surface area contributed by atoms with Crippen molar-refractivity contribution in [3.05, 3.63) is 36.0 Å². The number of hydrogen-bond acceptors (Lipinski definition) is 6. The molecule has 0 radical (unpaired) electrons. The lowest BCUT2D eigenvalue weighted by Gasteiger charge is -2.33. The smallest absolute Gasteiger partial charge is 0.419 e. The van der Waals surface area contributed by atoms with Gasteiger partial charge in [0.15, 0.2) is 0 Å². The monoisotopic (exact) mass is 536 g/mol. The summed E-state index contributed by atoms with van der Waals surface area (Å²) in [7, 11) is 0. The maximum absolute atomic E-state index is 14.1. The van der Waals surface area contributed by atoms with Crippen LogP contribution < -0.4 is 15.4 Å². The average Bonchev–Trinajstić information content (AvgIpc) is 3.28. The number of carbonyl (C=O) groups is 1. The van der Waals surface area contributed by atoms with E-state index < -0.39 is 29.0 Å². The second-order valence-electron chi connectivity index (χ2n) is 11.7. The summed E-state index contributed by atoms with van der Waals surface area (Å²) in [4.78, 5) is 21.1. The Labute approximate surface area is 222 Å². The maximum Gasteiger partial charge on any atom is 0.419 e. The van der Waals surface area contributed by atoms with E-state index in [0.717, 1.165) is 31.7 Å². The molecule has 0 bridgehead atoms. The second-order valence-corrected chi connectivity index (χ2v) is 11.7. The zero-order chi connectivity index (χ0) is 28.1. The molecule has 2 N–H and O–H groups in total. The normalized spacial score (nSPS) is 16.3. The molecule has 1 atom stereocenters. The van der Waals surface area contributed by atoms with Gasteiger partial charge in [-0.1, -0.05) is 26.7 Å². The van der Waals surface area contributed by atoms with Crippen molar-refractivity contribution in [1.82, 2.24) is 15.3 Å². The molecule has 0 aliphatic heterocycles. The standard InChI is InChI=1S/C28H39F3N4O3/c1-18(2)16-27(6,35-25(36)38-26(3,4)5)17-37-23-12-11-19(15-21(23)28(29,30)31)22-13-14-32-24(34-22)33-20-9-7-8-10-20/h11-15,18,20H,7-10,16-17H2,1-6H3,(H,35,36)(H,32,33,34)/t27-/m0/s1. The predicted octanol–water partition coefficient (Wildman–Crippen LogP) is 7.23. The number of carbonyl (C=O) groups excluding carboxylic acids is 1. The van der Waals surface area contributed by atoms with Gasteiger partial charge in [0.25, 0.3) is 0 Å². The van der Waals surface area contributed by atoms with E-state index in [1.165, 1.54) is 12.3 Å². The maximum atomic E-state index is 14.1. The van der Waals surface area contributed by atoms with Crippen molar-refractivity contribution < 1.29 is 27.4 Å². The van der Waals surface area contributed by atoms with Gasteiger partial charge >= 0.3 is 12.3 Å². The predicted molar refractivity (Wildman–Crippen MR) is 141 cm³/mol. The molecule has 10 heteroatoms. The zero-order valence-electron chi connectivity index (χ0n) is 23.0. The van der Waals surface area contributed by atoms with Gasteiger partial charge < -0.3 is 20.1 Å². The van der Waals surface area contributed by atoms with Gasteiger partial charge in [-0.2, -0.15) is 13.2 Å². The number of ether oxygens (including phenoxy) is 2. The van der Waals surface area contributed by atoms with Crippen LogP contribution in [0.2, 0.25) is 0 Å². The number of benzene rings is 1. The van der Waals surface area contributed by atoms with Crippen molar-refractivity contribution in [1.29, 1.82) is 0 Å². The minimum Gasteiger partial charge on any atom is -0.491 e. The van der Waals surface area contributed by atoms with Gasteiger partial charge in [-0.25, -0.2) is 14.8 Å². The van der Waals surface area contributed by atoms with E-state index in [0.29, 0.717) is 23.6 Å². The molecule has 0 spiro atoms. The van der Waals surface area contributed by atoms with E-state index in [1.54, 1.807) is 39.8 Å². The topological polar surface area (TPSA) is 85.4 Å². The van der Waals surface area contributed by atoms with E-state index >= 15 is 0 Å². The van der Waals surface area contributed by atoms with E-state index in [2.05, 4.69) is 20.6 Å². The van der Waals surface area contributed by atoms with Crippen molar-refractivity contribution >= 4 is 12.0 Å². The van der Waals surface area contributed by atoms with Crippen LogP contribution >= 0.6 is 0 Å². The van der Waals surface area contributed by atoms with Crippen molar-refractivity contribution in [3.63, 3.8) is 0 Å². The minimum atomic E-state index is -4.66. The van der Waals surface area contributed by atoms with E-state index in [9.17, 15) is 18.0 Å². The highest BCUT2D eigenvalue weighted by atomic mass is 19.4. The largest absolute Gasteiger partial charge is 0.491 e. The summed E-state index contributed by atoms with van der Waals surface area (Å²) in [6, 6.07) is 5.75. The Hall–Kier alpha value is -3.04. The fourth-order valence-electron chi connectivity index (χ4n) is 4.71. The number of amides is 1. The van der Waals surface area contributed by atoms with Crippen molar-refractivity contribution in [2.45, 2.75) is 97.0 Å². The Morgan fingerprint density at radius 1 is 1.11 bits per heavy atom. The fourth-order valence-corrected chi connectivity index (χ4v) is 4.71. The average molecular weight is 537 g/mol. The van der Waals surface area contributed by atoms with Gasteiger partial charge in [0.1, 0.15) is 18.0 Å². The summed E-state index contributed by atoms with van der Waals surface area (Å²) in [5.74, 6) is 0.231. The fraction of sp³-hybridized carbons (Fsp3) is 0.607. The third-order valence-corrected chi connectivity index (χ3v) is 6.13. The van der Waals surface area contributed by atoms with Gasteiger partial charge in [-0.3, -0.25) is 0 Å². The first-order valence-corrected chi connectivity index (χ1v) is 13.1. The highest BCUT2D eigenvalue weighted by Gasteiger charge is 2.37. The van der Waals surface area contributed by atoms with Gasteiger partial charge in [-0.15, -0.1) is 0 Å². The highest BCUT2D eigenvalue weighted by Crippen LogP contribution is 2.39. The van der Waals surface area contributed by atoms with Crippen molar-refractivity contribution in [2.75, 3.05) is 11.9 Å². The van der Waals surface area contributed by atoms with Gasteiger partial charge in [-0.05, 0) is 77.1 Å². The molecule has 0 saturated heterocycles. The van der Waals surface area contributed by atoms with Crippen molar-refractivity contribution in [3.8, 4) is 17.0 Å². The van der Waals surface area contributed by atoms with Crippen LogP contribution in [0.5, 0.6) is 5.75 Å². The van der Waals surface area contributed by atoms with E-state index in [-0.39, 0.29) is 24.3 Å². The summed E-state index contributed by atoms with van der Waals surface area (Å²) in [5, 5.41) is 6.07. The zero-order valence-corrected chi connectivity index (χ0v) is 23.0. The number of alkyl carbamates (subject to hydrolysis) is 1. The number of rotatable bonds is 9. The first kappa shape index (κ1) is 29.5. The summed E-state index contributed by atoms with van der Waals surface area (Å²) >= 11 is 0. The third-order valence-electron chi connectivity index (χ3n) is 6.13. The van der Waals surface area contributed by atoms with Crippen LogP contribution in [0.4, 0.5) is 23.9 Å². The molecule has 1 heterocycles. The van der Waals surface area contributed by atoms with Crippen LogP contribution in [0.15, 0.2) is 30.5 Å². The summed E-state index contributed by atoms with van der Waals surface area (Å²) in [6.07, 6.45) is 1.03. The molecule has 210 valence electrons. The molecule has 1 aromatic carbocycles. The Bertz CT molecular complexity index is 1100. The number of aromatic nitrogens is 2. The van der Waals surface area contributed by atoms with Gasteiger partial charge in [0.2, 0.25) is 5.95 Å². The molecular weight excluding hydrogens is 497 g/mol. The first-order valence-electron chi connectivity index (χ1n) is 13.1. The minimum absolute atomic E-state index is 0.146. The molecule has 2 aromatic rings. The highest BCUT2D eigenvalue weighted by molar-refractivity contribution is 5.69. The van der Waals surface area contributed by atoms with Crippen molar-refractivity contribution in [2.24, 2.45) is 5.92 Å². The molecule has 7 nitrogen and oxygen atoms in total. The number of anilines is 1. The van der Waals surface area contributed by atoms with E-state index in [4.69, 9.17) is 9.47 Å². The quantitative estimate of drug-likeness (QED) is 0.352. The molecule has 0 unspecified atom stereocenters. The lowest BCUT2D eigenvalue weighted by atomic mass is 9.91. The van der Waals surface area contributed by atoms with Crippen LogP contribution in [0.3, 0.4) is 0 Å². The molecule has 1 saturated carbocycles. The lowest BCUT2D eigenvalue weighted by Crippen LogP contribution is -2.52. The van der Waals surface area contributed by atoms with Crippen LogP contribution in [0.1, 0.15) is 79.2 Å². The summed E-state index contributed by atoms with van der Waals surface area (Å²) in [5.41, 5.74) is -1.89. The molecule has 1 aliphatic carbocycles. The summed E-state index contributed by atoms with van der Waals surface area (Å²) < 4.78 is 53.4. The van der Waals surface area contributed by atoms with Crippen LogP contribution in [-0.2, 0) is 10.9 Å². The lowest BCUT2D eigenvalue weighted by molar-refractivity contribution is -0.139. The Morgan fingerprint density at radius 2 is 1.79 bits per heavy atom. The second kappa shape index (κ2) is 11.8. The first-order chi connectivity index (χ1) is 17.6. The number of nitrogens with one attached hydrogen (secondary N) is 2. The number of alkyl halides is 3. The summed E-state index contributed by atoms with van der Waals surface area (Å²) in [6.45, 7) is 10.7. The Kier molecular flexibility index (Phi) is 9.15. The van der Waals surface area contributed by atoms with Gasteiger partial charge in [0, 0.05) is 17.8 Å². The third kappa shape index (κ3) is 8.77. The molecule has 1 amide bonds. The number of halogens is 3. The van der Waals surface area contributed by atoms with Gasteiger partial charge in [0.05, 0.1) is 16.8 Å². The molecule has 1 aromatic heterocycles. The molecule has 1 fully saturated rings. The van der Waals surface area contributed by atoms with Crippen LogP contribution in [0.25, 0.3) is 11.3 Å². The SMILES string of the molecule is CC(C)C[C@@](C)(COc1ccc(-c2ccnc(NC3CCCC3)n2)cc1C(F)(F)F)NC(=O)OC(C)(C)C.